The first-order valence-corrected chi connectivity index (χ1v) is 11.5. The highest BCUT2D eigenvalue weighted by molar-refractivity contribution is 6.05. The molecule has 1 amide bonds. The van der Waals surface area contributed by atoms with Gasteiger partial charge in [0.1, 0.15) is 5.69 Å². The summed E-state index contributed by atoms with van der Waals surface area (Å²) in [7, 11) is 7.92. The van der Waals surface area contributed by atoms with E-state index < -0.39 is 16.9 Å². The number of amides is 1. The second-order valence-corrected chi connectivity index (χ2v) is 8.60. The molecule has 3 aromatic carbocycles. The number of methoxy groups -OCH3 is 3. The first-order valence-electron chi connectivity index (χ1n) is 11.5. The molecule has 4 rings (SSSR count). The number of ether oxygens (including phenoxy) is 3. The molecule has 10 heteroatoms. The van der Waals surface area contributed by atoms with Crippen molar-refractivity contribution in [3.05, 3.63) is 87.5 Å². The molecule has 1 heterocycles. The number of hydrogen-bond donors (Lipinski definition) is 0. The van der Waals surface area contributed by atoms with Gasteiger partial charge in [0.25, 0.3) is 11.6 Å². The molecular weight excluding hydrogens is 476 g/mol. The van der Waals surface area contributed by atoms with E-state index in [1.807, 2.05) is 30.3 Å². The average molecular weight is 505 g/mol. The molecule has 0 bridgehead atoms. The highest BCUT2D eigenvalue weighted by Crippen LogP contribution is 2.41. The summed E-state index contributed by atoms with van der Waals surface area (Å²) in [5.74, 6) is 0.621. The fourth-order valence-corrected chi connectivity index (χ4v) is 4.37. The quantitative estimate of drug-likeness (QED) is 0.324. The SMILES string of the molecule is COc1cc(C(=O)N2N=C(c3ccccc3)CC2c2ccc(N(C)C)c([N+](=O)[O-])c2)cc(OC)c1OC. The van der Waals surface area contributed by atoms with E-state index >= 15 is 0 Å². The van der Waals surface area contributed by atoms with Gasteiger partial charge in [0, 0.05) is 32.1 Å². The Morgan fingerprint density at radius 1 is 1.00 bits per heavy atom. The number of nitro groups is 1. The summed E-state index contributed by atoms with van der Waals surface area (Å²) in [5, 5.41) is 17.9. The van der Waals surface area contributed by atoms with Crippen LogP contribution in [0, 0.1) is 10.1 Å². The van der Waals surface area contributed by atoms with Crippen LogP contribution >= 0.6 is 0 Å². The number of hydrogen-bond acceptors (Lipinski definition) is 8. The lowest BCUT2D eigenvalue weighted by molar-refractivity contribution is -0.384. The average Bonchev–Trinajstić information content (AvgIpc) is 3.37. The molecule has 1 aliphatic heterocycles. The molecule has 10 nitrogen and oxygen atoms in total. The summed E-state index contributed by atoms with van der Waals surface area (Å²) in [6, 6.07) is 17.1. The fraction of sp³-hybridized carbons (Fsp3) is 0.259. The maximum atomic E-state index is 13.9. The van der Waals surface area contributed by atoms with Crippen molar-refractivity contribution in [1.29, 1.82) is 0 Å². The van der Waals surface area contributed by atoms with Gasteiger partial charge in [0.15, 0.2) is 11.5 Å². The van der Waals surface area contributed by atoms with Crippen LogP contribution in [0.1, 0.15) is 33.9 Å². The Kier molecular flexibility index (Phi) is 7.28. The predicted molar refractivity (Wildman–Crippen MR) is 140 cm³/mol. The molecule has 37 heavy (non-hydrogen) atoms. The van der Waals surface area contributed by atoms with E-state index in [2.05, 4.69) is 5.10 Å². The number of carbonyl (C=O) groups excluding carboxylic acids is 1. The summed E-state index contributed by atoms with van der Waals surface area (Å²) >= 11 is 0. The molecule has 3 aromatic rings. The van der Waals surface area contributed by atoms with Crippen molar-refractivity contribution in [2.45, 2.75) is 12.5 Å². The zero-order chi connectivity index (χ0) is 26.7. The molecule has 0 aromatic heterocycles. The van der Waals surface area contributed by atoms with Crippen LogP contribution in [0.25, 0.3) is 0 Å². The van der Waals surface area contributed by atoms with Crippen molar-refractivity contribution in [2.75, 3.05) is 40.3 Å². The number of rotatable bonds is 8. The lowest BCUT2D eigenvalue weighted by atomic mass is 9.97. The summed E-state index contributed by atoms with van der Waals surface area (Å²) in [5.41, 5.74) is 2.87. The van der Waals surface area contributed by atoms with Crippen LogP contribution in [0.2, 0.25) is 0 Å². The lowest BCUT2D eigenvalue weighted by Crippen LogP contribution is -2.27. The van der Waals surface area contributed by atoms with E-state index in [-0.39, 0.29) is 11.3 Å². The Balaban J connectivity index is 1.82. The van der Waals surface area contributed by atoms with Gasteiger partial charge in [-0.25, -0.2) is 5.01 Å². The van der Waals surface area contributed by atoms with Crippen LogP contribution < -0.4 is 19.1 Å². The Bertz CT molecular complexity index is 1330. The number of anilines is 1. The third kappa shape index (κ3) is 4.90. The molecule has 0 saturated heterocycles. The summed E-state index contributed by atoms with van der Waals surface area (Å²) in [6.07, 6.45) is 0.388. The monoisotopic (exact) mass is 504 g/mol. The van der Waals surface area contributed by atoms with Gasteiger partial charge in [-0.1, -0.05) is 36.4 Å². The molecule has 0 radical (unpaired) electrons. The first-order chi connectivity index (χ1) is 17.8. The minimum atomic E-state index is -0.559. The van der Waals surface area contributed by atoms with E-state index in [9.17, 15) is 14.9 Å². The van der Waals surface area contributed by atoms with Gasteiger partial charge in [0.2, 0.25) is 5.75 Å². The maximum Gasteiger partial charge on any atom is 0.292 e. The molecule has 0 spiro atoms. The number of benzene rings is 3. The second-order valence-electron chi connectivity index (χ2n) is 8.60. The summed E-state index contributed by atoms with van der Waals surface area (Å²) in [4.78, 5) is 27.0. The van der Waals surface area contributed by atoms with Gasteiger partial charge in [-0.15, -0.1) is 0 Å². The maximum absolute atomic E-state index is 13.9. The molecule has 1 aliphatic rings. The summed E-state index contributed by atoms with van der Waals surface area (Å²) < 4.78 is 16.2. The van der Waals surface area contributed by atoms with E-state index in [1.165, 1.54) is 32.4 Å². The molecular formula is C27H28N4O6. The zero-order valence-corrected chi connectivity index (χ0v) is 21.3. The van der Waals surface area contributed by atoms with E-state index in [0.29, 0.717) is 40.6 Å². The molecule has 0 aliphatic carbocycles. The van der Waals surface area contributed by atoms with Crippen molar-refractivity contribution >= 4 is 23.0 Å². The van der Waals surface area contributed by atoms with Crippen molar-refractivity contribution < 1.29 is 23.9 Å². The van der Waals surface area contributed by atoms with Crippen molar-refractivity contribution in [3.63, 3.8) is 0 Å². The van der Waals surface area contributed by atoms with Crippen LogP contribution in [-0.4, -0.2) is 57.0 Å². The predicted octanol–water partition coefficient (Wildman–Crippen LogP) is 4.68. The van der Waals surface area contributed by atoms with Crippen LogP contribution in [0.5, 0.6) is 17.2 Å². The molecule has 0 saturated carbocycles. The van der Waals surface area contributed by atoms with Gasteiger partial charge in [-0.3, -0.25) is 14.9 Å². The largest absolute Gasteiger partial charge is 0.493 e. The van der Waals surface area contributed by atoms with E-state index in [0.717, 1.165) is 5.56 Å². The number of nitrogens with zero attached hydrogens (tertiary/aromatic N) is 4. The molecule has 0 N–H and O–H groups in total. The molecule has 0 fully saturated rings. The second kappa shape index (κ2) is 10.6. The van der Waals surface area contributed by atoms with E-state index in [1.54, 1.807) is 43.3 Å². The van der Waals surface area contributed by atoms with Crippen molar-refractivity contribution in [2.24, 2.45) is 5.10 Å². The van der Waals surface area contributed by atoms with Crippen LogP contribution in [0.15, 0.2) is 65.8 Å². The molecule has 1 atom stereocenters. The number of hydrazone groups is 1. The van der Waals surface area contributed by atoms with Gasteiger partial charge in [0.05, 0.1) is 38.0 Å². The Morgan fingerprint density at radius 3 is 2.19 bits per heavy atom. The van der Waals surface area contributed by atoms with Crippen molar-refractivity contribution in [1.82, 2.24) is 5.01 Å². The van der Waals surface area contributed by atoms with Gasteiger partial charge in [-0.05, 0) is 29.3 Å². The highest BCUT2D eigenvalue weighted by Gasteiger charge is 2.35. The topological polar surface area (TPSA) is 107 Å². The zero-order valence-electron chi connectivity index (χ0n) is 21.3. The minimum Gasteiger partial charge on any atom is -0.493 e. The van der Waals surface area contributed by atoms with Crippen LogP contribution in [0.4, 0.5) is 11.4 Å². The Labute approximate surface area is 214 Å². The Morgan fingerprint density at radius 2 is 1.65 bits per heavy atom. The first kappa shape index (κ1) is 25.5. The van der Waals surface area contributed by atoms with Crippen LogP contribution in [-0.2, 0) is 0 Å². The molecule has 192 valence electrons. The van der Waals surface area contributed by atoms with Crippen LogP contribution in [0.3, 0.4) is 0 Å². The van der Waals surface area contributed by atoms with Gasteiger partial charge in [-0.2, -0.15) is 5.10 Å². The third-order valence-electron chi connectivity index (χ3n) is 6.20. The standard InChI is InChI=1S/C27H28N4O6/c1-29(2)21-12-11-18(13-23(21)31(33)34)22-16-20(17-9-7-6-8-10-17)28-30(22)27(32)19-14-24(35-3)26(37-5)25(15-19)36-4/h6-15,22H,16H2,1-5H3. The number of nitro benzene ring substituents is 1. The van der Waals surface area contributed by atoms with Gasteiger partial charge < -0.3 is 19.1 Å². The number of carbonyl (C=O) groups is 1. The normalized spacial score (nSPS) is 14.7. The molecule has 1 unspecified atom stereocenters. The minimum absolute atomic E-state index is 0.0455. The van der Waals surface area contributed by atoms with Gasteiger partial charge >= 0.3 is 0 Å². The Hall–Kier alpha value is -4.60. The lowest BCUT2D eigenvalue weighted by Gasteiger charge is -2.23. The summed E-state index contributed by atoms with van der Waals surface area (Å²) in [6.45, 7) is 0. The van der Waals surface area contributed by atoms with E-state index in [4.69, 9.17) is 14.2 Å². The third-order valence-corrected chi connectivity index (χ3v) is 6.20. The highest BCUT2D eigenvalue weighted by atomic mass is 16.6. The van der Waals surface area contributed by atoms with Crippen molar-refractivity contribution in [3.8, 4) is 17.2 Å². The smallest absolute Gasteiger partial charge is 0.292 e. The fourth-order valence-electron chi connectivity index (χ4n) is 4.37.